The molecule has 39 heavy (non-hydrogen) atoms. The molecule has 0 radical (unpaired) electrons. The smallest absolute Gasteiger partial charge is 0.415 e. The number of ether oxygens (including phenoxy) is 1. The molecule has 0 amide bonds. The first-order valence-corrected chi connectivity index (χ1v) is 12.8. The third-order valence-electron chi connectivity index (χ3n) is 7.11. The molecule has 0 unspecified atom stereocenters. The number of halogens is 3. The molecule has 11 nitrogen and oxygen atoms in total. The van der Waals surface area contributed by atoms with Crippen molar-refractivity contribution in [3.05, 3.63) is 42.1 Å². The van der Waals surface area contributed by atoms with Crippen molar-refractivity contribution in [2.75, 3.05) is 19.0 Å². The highest BCUT2D eigenvalue weighted by Crippen LogP contribution is 2.38. The molecule has 0 saturated heterocycles. The van der Waals surface area contributed by atoms with Gasteiger partial charge < -0.3 is 19.6 Å². The molecule has 0 bridgehead atoms. The summed E-state index contributed by atoms with van der Waals surface area (Å²) in [4.78, 5) is 4.51. The highest BCUT2D eigenvalue weighted by atomic mass is 19.4. The normalized spacial score (nSPS) is 19.5. The predicted octanol–water partition coefficient (Wildman–Crippen LogP) is 4.24. The molecule has 4 heterocycles. The topological polar surface area (TPSA) is 128 Å². The van der Waals surface area contributed by atoms with Gasteiger partial charge in [-0.05, 0) is 52.5 Å². The summed E-state index contributed by atoms with van der Waals surface area (Å²) in [5.41, 5.74) is 2.18. The third-order valence-corrected chi connectivity index (χ3v) is 7.11. The zero-order chi connectivity index (χ0) is 27.9. The summed E-state index contributed by atoms with van der Waals surface area (Å²) in [5.74, 6) is -0.962. The van der Waals surface area contributed by atoms with Gasteiger partial charge in [0.25, 0.3) is 0 Å². The van der Waals surface area contributed by atoms with Crippen molar-refractivity contribution >= 4 is 11.5 Å². The number of alkyl halides is 3. The lowest BCUT2D eigenvalue weighted by molar-refractivity contribution is -0.158. The molecule has 4 aromatic heterocycles. The lowest BCUT2D eigenvalue weighted by Gasteiger charge is -2.25. The number of rotatable bonds is 8. The van der Waals surface area contributed by atoms with E-state index in [1.54, 1.807) is 39.5 Å². The molecular formula is C25H31F3N8O3. The molecule has 0 spiro atoms. The SMILES string of the molecule is COC[C@H](C)Nc1ncc2c(-c3cnn(C(C)(C)c4nnc(C(F)(F)F)o4)c3)cc([C@H]3CC[C@H](O)CC3)n2n1. The van der Waals surface area contributed by atoms with Gasteiger partial charge >= 0.3 is 12.1 Å². The number of aliphatic hydroxyl groups excluding tert-OH is 1. The minimum Gasteiger partial charge on any atom is -0.415 e. The number of methoxy groups -OCH3 is 1. The number of hydrogen-bond acceptors (Lipinski definition) is 9. The van der Waals surface area contributed by atoms with Gasteiger partial charge in [-0.1, -0.05) is 0 Å². The van der Waals surface area contributed by atoms with E-state index in [-0.39, 0.29) is 24.0 Å². The van der Waals surface area contributed by atoms with Crippen molar-refractivity contribution in [2.24, 2.45) is 0 Å². The first kappa shape index (κ1) is 27.1. The monoisotopic (exact) mass is 548 g/mol. The van der Waals surface area contributed by atoms with Gasteiger partial charge in [-0.25, -0.2) is 9.50 Å². The Kier molecular flexibility index (Phi) is 7.10. The molecule has 1 saturated carbocycles. The van der Waals surface area contributed by atoms with Gasteiger partial charge in [-0.3, -0.25) is 4.68 Å². The maximum absolute atomic E-state index is 13.0. The zero-order valence-electron chi connectivity index (χ0n) is 22.1. The average Bonchev–Trinajstić information content (AvgIpc) is 3.63. The first-order chi connectivity index (χ1) is 18.5. The van der Waals surface area contributed by atoms with Crippen LogP contribution >= 0.6 is 0 Å². The lowest BCUT2D eigenvalue weighted by Crippen LogP contribution is -2.28. The van der Waals surface area contributed by atoms with Gasteiger partial charge in [0.15, 0.2) is 0 Å². The van der Waals surface area contributed by atoms with Crippen molar-refractivity contribution in [3.8, 4) is 11.1 Å². The van der Waals surface area contributed by atoms with E-state index in [2.05, 4.69) is 31.7 Å². The Balaban J connectivity index is 1.52. The van der Waals surface area contributed by atoms with Crippen LogP contribution in [0, 0.1) is 0 Å². The number of aliphatic hydroxyl groups is 1. The number of hydrogen-bond donors (Lipinski definition) is 2. The molecular weight excluding hydrogens is 517 g/mol. The Morgan fingerprint density at radius 2 is 1.87 bits per heavy atom. The van der Waals surface area contributed by atoms with Crippen molar-refractivity contribution in [1.82, 2.24) is 34.6 Å². The van der Waals surface area contributed by atoms with Crippen molar-refractivity contribution in [1.29, 1.82) is 0 Å². The van der Waals surface area contributed by atoms with Crippen LogP contribution in [0.2, 0.25) is 0 Å². The molecule has 210 valence electrons. The summed E-state index contributed by atoms with van der Waals surface area (Å²) in [7, 11) is 1.63. The van der Waals surface area contributed by atoms with E-state index in [4.69, 9.17) is 14.3 Å². The number of nitrogens with zero attached hydrogens (tertiary/aromatic N) is 7. The molecule has 2 N–H and O–H groups in total. The summed E-state index contributed by atoms with van der Waals surface area (Å²) in [6.07, 6.45) is 3.15. The maximum atomic E-state index is 13.0. The number of nitrogens with one attached hydrogen (secondary N) is 1. The highest BCUT2D eigenvalue weighted by molar-refractivity contribution is 5.81. The zero-order valence-corrected chi connectivity index (χ0v) is 22.1. The van der Waals surface area contributed by atoms with Crippen molar-refractivity contribution < 1.29 is 27.4 Å². The van der Waals surface area contributed by atoms with Gasteiger partial charge in [0.05, 0.1) is 30.6 Å². The molecule has 1 atom stereocenters. The molecule has 5 rings (SSSR count). The van der Waals surface area contributed by atoms with E-state index in [9.17, 15) is 18.3 Å². The lowest BCUT2D eigenvalue weighted by atomic mass is 9.85. The maximum Gasteiger partial charge on any atom is 0.470 e. The highest BCUT2D eigenvalue weighted by Gasteiger charge is 2.41. The van der Waals surface area contributed by atoms with E-state index >= 15 is 0 Å². The molecule has 1 aliphatic rings. The minimum atomic E-state index is -4.73. The van der Waals surface area contributed by atoms with E-state index in [1.165, 1.54) is 4.68 Å². The van der Waals surface area contributed by atoms with Crippen LogP contribution in [0.3, 0.4) is 0 Å². The van der Waals surface area contributed by atoms with E-state index in [0.29, 0.717) is 25.4 Å². The Hall–Kier alpha value is -3.52. The van der Waals surface area contributed by atoms with Crippen molar-refractivity contribution in [2.45, 2.75) is 76.2 Å². The van der Waals surface area contributed by atoms with Gasteiger partial charge in [0.2, 0.25) is 11.8 Å². The van der Waals surface area contributed by atoms with Crippen LogP contribution in [0.4, 0.5) is 19.1 Å². The Bertz CT molecular complexity index is 1440. The standard InChI is InChI=1S/C25H31F3N8O3/c1-14(13-38-4)31-23-29-11-20-18(9-19(36(20)34-23)15-5-7-17(37)8-6-15)16-10-30-35(12-16)24(2,3)21-32-33-22(39-21)25(26,27)28/h9-12,14-15,17,37H,5-8,13H2,1-4H3,(H,31,34)/t14-,15-,17-/m0/s1. The summed E-state index contributed by atoms with van der Waals surface area (Å²) < 4.78 is 52.6. The Morgan fingerprint density at radius 3 is 2.54 bits per heavy atom. The van der Waals surface area contributed by atoms with E-state index < -0.39 is 17.6 Å². The first-order valence-electron chi connectivity index (χ1n) is 12.8. The summed E-state index contributed by atoms with van der Waals surface area (Å²) >= 11 is 0. The van der Waals surface area contributed by atoms with E-state index in [0.717, 1.165) is 35.2 Å². The predicted molar refractivity (Wildman–Crippen MR) is 134 cm³/mol. The van der Waals surface area contributed by atoms with Crippen LogP contribution in [-0.2, 0) is 16.5 Å². The molecule has 1 fully saturated rings. The average molecular weight is 549 g/mol. The molecule has 4 aromatic rings. The third kappa shape index (κ3) is 5.35. The van der Waals surface area contributed by atoms with Crippen LogP contribution < -0.4 is 5.32 Å². The van der Waals surface area contributed by atoms with E-state index in [1.807, 2.05) is 11.4 Å². The largest absolute Gasteiger partial charge is 0.470 e. The Labute approximate surface area is 222 Å². The van der Waals surface area contributed by atoms with Gasteiger partial charge in [0.1, 0.15) is 5.54 Å². The number of anilines is 1. The van der Waals surface area contributed by atoms with Crippen LogP contribution in [0.5, 0.6) is 0 Å². The van der Waals surface area contributed by atoms with Crippen LogP contribution in [0.25, 0.3) is 16.6 Å². The fraction of sp³-hybridized carbons (Fsp3) is 0.560. The van der Waals surface area contributed by atoms with Crippen LogP contribution in [0.1, 0.15) is 69.8 Å². The molecule has 0 aliphatic heterocycles. The summed E-state index contributed by atoms with van der Waals surface area (Å²) in [5, 5.41) is 29.3. The molecule has 14 heteroatoms. The molecule has 0 aromatic carbocycles. The second kappa shape index (κ2) is 10.2. The summed E-state index contributed by atoms with van der Waals surface area (Å²) in [6, 6.07) is 2.05. The van der Waals surface area contributed by atoms with Gasteiger partial charge in [-0.2, -0.15) is 18.3 Å². The van der Waals surface area contributed by atoms with Crippen LogP contribution in [-0.4, -0.2) is 65.5 Å². The number of fused-ring (bicyclic) bond motifs is 1. The minimum absolute atomic E-state index is 0.00112. The van der Waals surface area contributed by atoms with Gasteiger partial charge in [0, 0.05) is 42.1 Å². The second-order valence-corrected chi connectivity index (χ2v) is 10.5. The Morgan fingerprint density at radius 1 is 1.15 bits per heavy atom. The quantitative estimate of drug-likeness (QED) is 0.332. The van der Waals surface area contributed by atoms with Crippen LogP contribution in [0.15, 0.2) is 29.1 Å². The van der Waals surface area contributed by atoms with Gasteiger partial charge in [-0.15, -0.1) is 15.3 Å². The summed E-state index contributed by atoms with van der Waals surface area (Å²) in [6.45, 7) is 5.76. The second-order valence-electron chi connectivity index (χ2n) is 10.5. The van der Waals surface area contributed by atoms with Crippen molar-refractivity contribution in [3.63, 3.8) is 0 Å². The fourth-order valence-electron chi connectivity index (χ4n) is 4.94. The molecule has 1 aliphatic carbocycles. The number of aromatic nitrogens is 7. The fourth-order valence-corrected chi connectivity index (χ4v) is 4.94.